The molecule has 0 aromatic heterocycles. The second-order valence-corrected chi connectivity index (χ2v) is 5.50. The van der Waals surface area contributed by atoms with E-state index in [0.29, 0.717) is 21.4 Å². The Labute approximate surface area is 125 Å². The zero-order valence-corrected chi connectivity index (χ0v) is 12.8. The van der Waals surface area contributed by atoms with Gasteiger partial charge in [0.1, 0.15) is 5.75 Å². The van der Waals surface area contributed by atoms with Gasteiger partial charge in [0.2, 0.25) is 0 Å². The molecular weight excluding hydrogens is 320 g/mol. The zero-order valence-electron chi connectivity index (χ0n) is 11.2. The SMILES string of the molecule is Cc1cc(NC(=O)c2ccc(Br)c(O)c2)c(C)cc1N. The van der Waals surface area contributed by atoms with Crippen molar-refractivity contribution >= 4 is 33.2 Å². The summed E-state index contributed by atoms with van der Waals surface area (Å²) in [6.07, 6.45) is 0. The number of nitrogens with one attached hydrogen (secondary N) is 1. The molecule has 0 bridgehead atoms. The smallest absolute Gasteiger partial charge is 0.255 e. The number of aromatic hydroxyl groups is 1. The number of phenols is 1. The summed E-state index contributed by atoms with van der Waals surface area (Å²) < 4.78 is 0.550. The fourth-order valence-corrected chi connectivity index (χ4v) is 2.07. The van der Waals surface area contributed by atoms with Crippen molar-refractivity contribution in [1.29, 1.82) is 0 Å². The molecule has 0 atom stereocenters. The molecule has 2 aromatic rings. The molecule has 104 valence electrons. The van der Waals surface area contributed by atoms with Gasteiger partial charge in [-0.25, -0.2) is 0 Å². The monoisotopic (exact) mass is 334 g/mol. The van der Waals surface area contributed by atoms with E-state index in [1.165, 1.54) is 6.07 Å². The van der Waals surface area contributed by atoms with Gasteiger partial charge in [0.25, 0.3) is 5.91 Å². The van der Waals surface area contributed by atoms with Gasteiger partial charge in [0.05, 0.1) is 4.47 Å². The average Bonchev–Trinajstić information content (AvgIpc) is 2.39. The molecule has 0 saturated carbocycles. The predicted molar refractivity (Wildman–Crippen MR) is 84.1 cm³/mol. The van der Waals surface area contributed by atoms with Crippen molar-refractivity contribution in [3.63, 3.8) is 0 Å². The lowest BCUT2D eigenvalue weighted by atomic mass is 10.1. The van der Waals surface area contributed by atoms with Crippen LogP contribution in [0.1, 0.15) is 21.5 Å². The maximum atomic E-state index is 12.2. The largest absolute Gasteiger partial charge is 0.507 e. The highest BCUT2D eigenvalue weighted by Gasteiger charge is 2.11. The molecule has 0 spiro atoms. The molecule has 2 aromatic carbocycles. The van der Waals surface area contributed by atoms with Crippen molar-refractivity contribution < 1.29 is 9.90 Å². The Morgan fingerprint density at radius 2 is 1.90 bits per heavy atom. The summed E-state index contributed by atoms with van der Waals surface area (Å²) >= 11 is 3.18. The van der Waals surface area contributed by atoms with Crippen molar-refractivity contribution in [3.05, 3.63) is 51.5 Å². The maximum Gasteiger partial charge on any atom is 0.255 e. The van der Waals surface area contributed by atoms with E-state index in [0.717, 1.165) is 11.1 Å². The molecule has 1 amide bonds. The van der Waals surface area contributed by atoms with Gasteiger partial charge < -0.3 is 16.2 Å². The van der Waals surface area contributed by atoms with Crippen molar-refractivity contribution in [2.45, 2.75) is 13.8 Å². The molecule has 5 heteroatoms. The highest BCUT2D eigenvalue weighted by Crippen LogP contribution is 2.26. The van der Waals surface area contributed by atoms with E-state index in [9.17, 15) is 9.90 Å². The van der Waals surface area contributed by atoms with Crippen molar-refractivity contribution in [1.82, 2.24) is 0 Å². The van der Waals surface area contributed by atoms with Gasteiger partial charge in [-0.1, -0.05) is 0 Å². The molecule has 20 heavy (non-hydrogen) atoms. The van der Waals surface area contributed by atoms with Crippen LogP contribution in [-0.4, -0.2) is 11.0 Å². The Balaban J connectivity index is 2.27. The highest BCUT2D eigenvalue weighted by atomic mass is 79.9. The Bertz CT molecular complexity index is 684. The quantitative estimate of drug-likeness (QED) is 0.734. The Morgan fingerprint density at radius 3 is 2.55 bits per heavy atom. The fraction of sp³-hybridized carbons (Fsp3) is 0.133. The molecule has 0 aliphatic heterocycles. The Kier molecular flexibility index (Phi) is 3.99. The first kappa shape index (κ1) is 14.4. The zero-order chi connectivity index (χ0) is 14.9. The minimum absolute atomic E-state index is 0.0304. The van der Waals surface area contributed by atoms with Gasteiger partial charge in [-0.15, -0.1) is 0 Å². The number of carbonyl (C=O) groups is 1. The summed E-state index contributed by atoms with van der Waals surface area (Å²) in [4.78, 5) is 12.2. The van der Waals surface area contributed by atoms with Gasteiger partial charge >= 0.3 is 0 Å². The number of hydrogen-bond acceptors (Lipinski definition) is 3. The number of amides is 1. The van der Waals surface area contributed by atoms with Crippen LogP contribution in [0.2, 0.25) is 0 Å². The number of hydrogen-bond donors (Lipinski definition) is 3. The van der Waals surface area contributed by atoms with Crippen LogP contribution in [0.25, 0.3) is 0 Å². The normalized spacial score (nSPS) is 10.3. The van der Waals surface area contributed by atoms with Gasteiger partial charge in [0.15, 0.2) is 0 Å². The van der Waals surface area contributed by atoms with E-state index in [1.54, 1.807) is 12.1 Å². The number of carbonyl (C=O) groups excluding carboxylic acids is 1. The van der Waals surface area contributed by atoms with Gasteiger partial charge in [-0.05, 0) is 71.2 Å². The van der Waals surface area contributed by atoms with Crippen LogP contribution < -0.4 is 11.1 Å². The molecule has 0 heterocycles. The lowest BCUT2D eigenvalue weighted by molar-refractivity contribution is 0.102. The van der Waals surface area contributed by atoms with Crippen LogP contribution in [0.4, 0.5) is 11.4 Å². The van der Waals surface area contributed by atoms with Gasteiger partial charge in [-0.3, -0.25) is 4.79 Å². The fourth-order valence-electron chi connectivity index (χ4n) is 1.82. The highest BCUT2D eigenvalue weighted by molar-refractivity contribution is 9.10. The molecule has 4 N–H and O–H groups in total. The summed E-state index contributed by atoms with van der Waals surface area (Å²) in [5.74, 6) is -0.247. The standard InChI is InChI=1S/C15H15BrN2O2/c1-8-6-13(9(2)5-12(8)17)18-15(20)10-3-4-11(16)14(19)7-10/h3-7,19H,17H2,1-2H3,(H,18,20). The first-order valence-corrected chi connectivity index (χ1v) is 6.84. The lowest BCUT2D eigenvalue weighted by Gasteiger charge is -2.11. The summed E-state index contributed by atoms with van der Waals surface area (Å²) in [6, 6.07) is 8.34. The average molecular weight is 335 g/mol. The number of phenolic OH excluding ortho intramolecular Hbond substituents is 1. The Hall–Kier alpha value is -2.01. The van der Waals surface area contributed by atoms with E-state index in [4.69, 9.17) is 5.73 Å². The topological polar surface area (TPSA) is 75.3 Å². The maximum absolute atomic E-state index is 12.2. The first-order valence-electron chi connectivity index (χ1n) is 6.05. The molecule has 4 nitrogen and oxygen atoms in total. The molecule has 0 radical (unpaired) electrons. The minimum Gasteiger partial charge on any atom is -0.507 e. The third-order valence-electron chi connectivity index (χ3n) is 3.07. The van der Waals surface area contributed by atoms with Crippen LogP contribution in [0, 0.1) is 13.8 Å². The van der Waals surface area contributed by atoms with Crippen LogP contribution in [0.3, 0.4) is 0 Å². The van der Waals surface area contributed by atoms with Crippen LogP contribution in [0.15, 0.2) is 34.8 Å². The molecule has 0 unspecified atom stereocenters. The van der Waals surface area contributed by atoms with E-state index in [2.05, 4.69) is 21.2 Å². The number of benzene rings is 2. The summed E-state index contributed by atoms with van der Waals surface area (Å²) in [6.45, 7) is 3.76. The van der Waals surface area contributed by atoms with E-state index in [-0.39, 0.29) is 11.7 Å². The molecule has 0 aliphatic carbocycles. The molecular formula is C15H15BrN2O2. The van der Waals surface area contributed by atoms with E-state index in [1.807, 2.05) is 26.0 Å². The van der Waals surface area contributed by atoms with Gasteiger partial charge in [-0.2, -0.15) is 0 Å². The second kappa shape index (κ2) is 5.54. The third kappa shape index (κ3) is 2.93. The van der Waals surface area contributed by atoms with E-state index < -0.39 is 0 Å². The number of nitrogen functional groups attached to an aromatic ring is 1. The summed E-state index contributed by atoms with van der Waals surface area (Å²) in [5, 5.41) is 12.4. The number of aryl methyl sites for hydroxylation is 2. The minimum atomic E-state index is -0.278. The second-order valence-electron chi connectivity index (χ2n) is 4.64. The van der Waals surface area contributed by atoms with Crippen molar-refractivity contribution in [2.75, 3.05) is 11.1 Å². The number of rotatable bonds is 2. The van der Waals surface area contributed by atoms with E-state index >= 15 is 0 Å². The first-order chi connectivity index (χ1) is 9.38. The number of anilines is 2. The molecule has 0 saturated heterocycles. The summed E-state index contributed by atoms with van der Waals surface area (Å²) in [5.41, 5.74) is 9.41. The van der Waals surface area contributed by atoms with Crippen molar-refractivity contribution in [3.8, 4) is 5.75 Å². The third-order valence-corrected chi connectivity index (χ3v) is 3.74. The summed E-state index contributed by atoms with van der Waals surface area (Å²) in [7, 11) is 0. The number of nitrogens with two attached hydrogens (primary N) is 1. The molecule has 0 fully saturated rings. The molecule has 0 aliphatic rings. The van der Waals surface area contributed by atoms with Crippen LogP contribution in [0.5, 0.6) is 5.75 Å². The lowest BCUT2D eigenvalue weighted by Crippen LogP contribution is -2.13. The van der Waals surface area contributed by atoms with Crippen LogP contribution in [-0.2, 0) is 0 Å². The predicted octanol–water partition coefficient (Wildman–Crippen LogP) is 3.61. The number of halogens is 1. The van der Waals surface area contributed by atoms with Gasteiger partial charge in [0, 0.05) is 16.9 Å². The van der Waals surface area contributed by atoms with Crippen LogP contribution >= 0.6 is 15.9 Å². The van der Waals surface area contributed by atoms with Crippen molar-refractivity contribution in [2.24, 2.45) is 0 Å². The Morgan fingerprint density at radius 1 is 1.20 bits per heavy atom. The molecule has 2 rings (SSSR count).